The number of aliphatic hydroxyl groups is 2. The van der Waals surface area contributed by atoms with Crippen molar-refractivity contribution in [2.24, 2.45) is 0 Å². The lowest BCUT2D eigenvalue weighted by Crippen LogP contribution is -2.53. The Morgan fingerprint density at radius 1 is 0.695 bits per heavy atom. The van der Waals surface area contributed by atoms with Crippen LogP contribution in [-0.4, -0.2) is 206 Å². The summed E-state index contributed by atoms with van der Waals surface area (Å²) < 4.78 is 75.2. The summed E-state index contributed by atoms with van der Waals surface area (Å²) in [5, 5.41) is 33.7. The average Bonchev–Trinajstić information content (AvgIpc) is 1.84. The molecule has 3 fully saturated rings. The summed E-state index contributed by atoms with van der Waals surface area (Å²) in [6.07, 6.45) is 2.53. The molecule has 3 aliphatic rings. The SMILES string of the molecule is CC.CC.CC1OC(CO)CC1(F)F.CCC(=O)CC.CCOC(=O)CCNC(=O)C(CSC1CCC1SCC(NC(=O)CCC(C)(C)OCC)C(=O)NCCC(=O)OCC(=O)Nc1ccnc(=O)[nH]1)NC(C)(C)C.C[C@H]1OC(CO)CC1(F)F.O=CNc1ccnc(=O)[nH]1. The van der Waals surface area contributed by atoms with Gasteiger partial charge in [-0.15, -0.1) is 0 Å². The lowest BCUT2D eigenvalue weighted by Gasteiger charge is -2.37. The van der Waals surface area contributed by atoms with Gasteiger partial charge >= 0.3 is 23.3 Å². The minimum absolute atomic E-state index is 0.0860. The molecule has 10 N–H and O–H groups in total. The van der Waals surface area contributed by atoms with Gasteiger partial charge in [-0.25, -0.2) is 37.1 Å². The third-order valence-electron chi connectivity index (χ3n) is 13.1. The molecular formula is C62H106F4N10O17S2. The van der Waals surface area contributed by atoms with Crippen molar-refractivity contribution in [3.05, 3.63) is 45.5 Å². The molecule has 0 bridgehead atoms. The second kappa shape index (κ2) is 49.4. The largest absolute Gasteiger partial charge is 0.466 e. The fraction of sp³-hybridized carbons (Fsp3) is 0.742. The number of nitrogens with one attached hydrogen (secondary N) is 8. The maximum Gasteiger partial charge on any atom is 0.346 e. The van der Waals surface area contributed by atoms with Gasteiger partial charge in [0.15, 0.2) is 6.61 Å². The van der Waals surface area contributed by atoms with E-state index in [1.54, 1.807) is 30.4 Å². The summed E-state index contributed by atoms with van der Waals surface area (Å²) in [6.45, 7) is 27.4. The number of hydrogen-bond acceptors (Lipinski definition) is 22. The number of halogens is 4. The zero-order valence-corrected chi connectivity index (χ0v) is 59.3. The molecule has 95 heavy (non-hydrogen) atoms. The van der Waals surface area contributed by atoms with Gasteiger partial charge in [-0.3, -0.25) is 48.3 Å². The van der Waals surface area contributed by atoms with Gasteiger partial charge in [0.1, 0.15) is 35.7 Å². The number of amides is 5. The number of Topliss-reactive ketones (excluding diaryl/α,β-unsaturated/α-hetero) is 1. The number of rotatable bonds is 31. The third-order valence-corrected chi connectivity index (χ3v) is 16.3. The lowest BCUT2D eigenvalue weighted by molar-refractivity contribution is -0.147. The Bertz CT molecular complexity index is 2640. The number of nitrogens with zero attached hydrogens (tertiary/aromatic N) is 2. The van der Waals surface area contributed by atoms with Gasteiger partial charge in [0.05, 0.1) is 56.5 Å². The summed E-state index contributed by atoms with van der Waals surface area (Å²) in [7, 11) is 0. The summed E-state index contributed by atoms with van der Waals surface area (Å²) >= 11 is 3.25. The van der Waals surface area contributed by atoms with Crippen LogP contribution >= 0.6 is 23.5 Å². The number of esters is 2. The van der Waals surface area contributed by atoms with Gasteiger partial charge in [-0.05, 0) is 93.7 Å². The Labute approximate surface area is 563 Å². The van der Waals surface area contributed by atoms with Crippen LogP contribution in [0.1, 0.15) is 168 Å². The van der Waals surface area contributed by atoms with Gasteiger partial charge in [0.2, 0.25) is 24.1 Å². The van der Waals surface area contributed by atoms with Gasteiger partial charge in [0, 0.05) is 91.7 Å². The zero-order valence-electron chi connectivity index (χ0n) is 57.7. The summed E-state index contributed by atoms with van der Waals surface area (Å²) in [4.78, 5) is 129. The molecule has 7 unspecified atom stereocenters. The van der Waals surface area contributed by atoms with Crippen molar-refractivity contribution in [1.82, 2.24) is 41.2 Å². The minimum Gasteiger partial charge on any atom is -0.466 e. The fourth-order valence-corrected chi connectivity index (χ4v) is 11.1. The van der Waals surface area contributed by atoms with Crippen LogP contribution in [0, 0.1) is 0 Å². The first-order valence-corrected chi connectivity index (χ1v) is 34.0. The molecular weight excluding hydrogens is 1300 g/mol. The number of alkyl halides is 4. The van der Waals surface area contributed by atoms with E-state index in [0.29, 0.717) is 49.6 Å². The van der Waals surface area contributed by atoms with Gasteiger partial charge < -0.3 is 65.8 Å². The zero-order chi connectivity index (χ0) is 73.0. The van der Waals surface area contributed by atoms with Crippen molar-refractivity contribution < 1.29 is 89.8 Å². The van der Waals surface area contributed by atoms with E-state index in [0.717, 1.165) is 12.8 Å². The third kappa shape index (κ3) is 41.6. The molecule has 8 atom stereocenters. The number of H-pyrrole nitrogens is 2. The van der Waals surface area contributed by atoms with Crippen LogP contribution in [0.3, 0.4) is 0 Å². The highest BCUT2D eigenvalue weighted by Gasteiger charge is 2.48. The van der Waals surface area contributed by atoms with E-state index in [9.17, 15) is 65.5 Å². The number of thioether (sulfide) groups is 2. The number of carbonyl (C=O) groups excluding carboxylic acids is 8. The predicted molar refractivity (Wildman–Crippen MR) is 356 cm³/mol. The molecule has 1 saturated carbocycles. The lowest BCUT2D eigenvalue weighted by atomic mass is 9.99. The van der Waals surface area contributed by atoms with Gasteiger partial charge in [0.25, 0.3) is 17.8 Å². The van der Waals surface area contributed by atoms with Crippen molar-refractivity contribution in [2.45, 2.75) is 238 Å². The second-order valence-electron chi connectivity index (χ2n) is 22.4. The molecule has 5 rings (SSSR count). The van der Waals surface area contributed by atoms with Gasteiger partial charge in [-0.2, -0.15) is 23.5 Å². The Kier molecular flexibility index (Phi) is 47.3. The van der Waals surface area contributed by atoms with Crippen molar-refractivity contribution in [3.8, 4) is 0 Å². The molecule has 27 nitrogen and oxygen atoms in total. The first-order valence-electron chi connectivity index (χ1n) is 31.9. The monoisotopic (exact) mass is 1400 g/mol. The second-order valence-corrected chi connectivity index (χ2v) is 24.9. The summed E-state index contributed by atoms with van der Waals surface area (Å²) in [6, 6.07) is 1.47. The highest BCUT2D eigenvalue weighted by molar-refractivity contribution is 8.04. The van der Waals surface area contributed by atoms with E-state index < -0.39 is 89.7 Å². The number of aromatic amines is 2. The number of ether oxygens (including phenoxy) is 5. The minimum atomic E-state index is -2.76. The number of carbonyl (C=O) groups is 8. The van der Waals surface area contributed by atoms with Crippen LogP contribution in [0.25, 0.3) is 0 Å². The number of ketones is 1. The van der Waals surface area contributed by atoms with E-state index in [1.807, 2.05) is 83.1 Å². The summed E-state index contributed by atoms with van der Waals surface area (Å²) in [5.74, 6) is -6.68. The van der Waals surface area contributed by atoms with E-state index in [1.165, 1.54) is 38.4 Å². The molecule has 1 aliphatic carbocycles. The number of aromatic nitrogens is 4. The highest BCUT2D eigenvalue weighted by atomic mass is 32.2. The summed E-state index contributed by atoms with van der Waals surface area (Å²) in [5.41, 5.74) is -1.97. The van der Waals surface area contributed by atoms with Gasteiger partial charge in [-0.1, -0.05) is 41.5 Å². The van der Waals surface area contributed by atoms with E-state index in [4.69, 9.17) is 33.9 Å². The normalized spacial score (nSPS) is 19.2. The molecule has 0 spiro atoms. The first-order chi connectivity index (χ1) is 44.7. The molecule has 0 radical (unpaired) electrons. The van der Waals surface area contributed by atoms with E-state index >= 15 is 0 Å². The smallest absolute Gasteiger partial charge is 0.346 e. The highest BCUT2D eigenvalue weighted by Crippen LogP contribution is 2.41. The first kappa shape index (κ1) is 91.0. The maximum atomic E-state index is 13.3. The van der Waals surface area contributed by atoms with Crippen LogP contribution < -0.4 is 43.3 Å². The molecule has 5 amide bonds. The van der Waals surface area contributed by atoms with Crippen molar-refractivity contribution >= 4 is 82.9 Å². The number of aliphatic hydroxyl groups excluding tert-OH is 2. The van der Waals surface area contributed by atoms with Crippen LogP contribution in [0.5, 0.6) is 0 Å². The number of hydrogen-bond donors (Lipinski definition) is 10. The molecule has 2 aromatic rings. The molecule has 2 saturated heterocycles. The van der Waals surface area contributed by atoms with Crippen LogP contribution in [0.2, 0.25) is 0 Å². The van der Waals surface area contributed by atoms with Crippen LogP contribution in [-0.2, 0) is 62.0 Å². The standard InChI is InChI=1S/C36H59N7O10S2.2C6H10F2O2.C5H5N3O2.C5H10O.2C2H6/c1-8-51-30(46)14-18-38-33(49)24(43-35(3,4)5)22-55-26-11-10-25(26)54-21-23(40-28(44)12-16-36(6,7)53-9-2)32(48)37-19-15-31(47)52-20-29(45)41-27-13-17-39-34(50)42-27;2*1-4-6(7,8)2-5(3-9)10-4;9-3-7-4-1-2-6-5(10)8-4;1-3-5(6)4-2;2*1-2/h13,17,23-26,43H,8-12,14-16,18-22H2,1-7H3,(H,37,48)(H,38,49)(H,40,44)(H2,39,41,42,45,50);2*4-5,9H,2-3H2,1H3;1-3H,(H2,6,7,8,9,10);3-4H2,1-2H3;2*1-2H3/t;4-,5?;;;;;/m.1...../s1. The Morgan fingerprint density at radius 2 is 1.15 bits per heavy atom. The Morgan fingerprint density at radius 3 is 1.53 bits per heavy atom. The Balaban J connectivity index is 0. The quantitative estimate of drug-likeness (QED) is 0.0235. The molecule has 546 valence electrons. The van der Waals surface area contributed by atoms with Crippen molar-refractivity contribution in [2.75, 3.05) is 68.3 Å². The Hall–Kier alpha value is -6.10. The topological polar surface area (TPSA) is 387 Å². The average molecular weight is 1400 g/mol. The predicted octanol–water partition coefficient (Wildman–Crippen LogP) is 6.01. The van der Waals surface area contributed by atoms with Crippen molar-refractivity contribution in [3.63, 3.8) is 0 Å². The van der Waals surface area contributed by atoms with E-state index in [2.05, 4.69) is 51.8 Å². The molecule has 4 heterocycles. The fourth-order valence-electron chi connectivity index (χ4n) is 7.99. The van der Waals surface area contributed by atoms with Crippen LogP contribution in [0.4, 0.5) is 29.2 Å². The molecule has 2 aromatic heterocycles. The molecule has 33 heteroatoms. The molecule has 0 aromatic carbocycles. The maximum absolute atomic E-state index is 13.3. The van der Waals surface area contributed by atoms with Crippen LogP contribution in [0.15, 0.2) is 34.1 Å². The number of anilines is 2. The molecule has 2 aliphatic heterocycles. The van der Waals surface area contributed by atoms with E-state index in [-0.39, 0.29) is 110 Å². The van der Waals surface area contributed by atoms with Crippen molar-refractivity contribution in [1.29, 1.82) is 0 Å².